The standard InChI is InChI=1S/C46H32N2O/c1-3-12-29(13-4-1)31-22-23-43-40(25-31)41-27-34(30-14-5-2-6-15-30)26-39(46(41)49-43)32-16-11-17-33(24-32)42-28-47-44-37-20-9-7-18-35(37)36-19-8-10-21-38(36)45(44)48-42/h2-3,5-24,26-28,31H,1,4,25H2. The van der Waals surface area contributed by atoms with Crippen LogP contribution in [0, 0.1) is 5.92 Å². The second-order valence-corrected chi connectivity index (χ2v) is 13.2. The molecule has 0 N–H and O–H groups in total. The maximum absolute atomic E-state index is 6.74. The Balaban J connectivity index is 1.14. The molecule has 8 aromatic rings. The topological polar surface area (TPSA) is 38.9 Å². The van der Waals surface area contributed by atoms with E-state index in [-0.39, 0.29) is 0 Å². The lowest BCUT2D eigenvalue weighted by Gasteiger charge is -2.19. The number of aromatic nitrogens is 2. The van der Waals surface area contributed by atoms with Crippen LogP contribution in [0.4, 0.5) is 0 Å². The Hall–Kier alpha value is -6.06. The molecule has 2 aliphatic carbocycles. The Morgan fingerprint density at radius 3 is 2.12 bits per heavy atom. The van der Waals surface area contributed by atoms with Crippen molar-refractivity contribution in [1.29, 1.82) is 0 Å². The third-order valence-electron chi connectivity index (χ3n) is 10.3. The quantitative estimate of drug-likeness (QED) is 0.182. The zero-order valence-corrected chi connectivity index (χ0v) is 26.9. The van der Waals surface area contributed by atoms with E-state index < -0.39 is 0 Å². The van der Waals surface area contributed by atoms with Crippen LogP contribution < -0.4 is 0 Å². The molecule has 3 nitrogen and oxygen atoms in total. The number of rotatable bonds is 4. The Kier molecular flexibility index (Phi) is 6.45. The molecule has 2 heterocycles. The van der Waals surface area contributed by atoms with Crippen LogP contribution in [-0.4, -0.2) is 9.97 Å². The van der Waals surface area contributed by atoms with Gasteiger partial charge in [-0.3, -0.25) is 4.98 Å². The van der Waals surface area contributed by atoms with Crippen LogP contribution in [0.2, 0.25) is 0 Å². The molecule has 0 fully saturated rings. The fraction of sp³-hybridized carbons (Fsp3) is 0.0870. The van der Waals surface area contributed by atoms with Crippen LogP contribution in [-0.2, 0) is 6.42 Å². The summed E-state index contributed by atoms with van der Waals surface area (Å²) in [5, 5.41) is 5.82. The first-order valence-electron chi connectivity index (χ1n) is 17.2. The number of hydrogen-bond donors (Lipinski definition) is 0. The van der Waals surface area contributed by atoms with Gasteiger partial charge in [0.2, 0.25) is 0 Å². The van der Waals surface area contributed by atoms with Gasteiger partial charge in [0.05, 0.1) is 22.9 Å². The highest BCUT2D eigenvalue weighted by atomic mass is 16.3. The third-order valence-corrected chi connectivity index (χ3v) is 10.3. The molecule has 0 spiro atoms. The molecule has 10 rings (SSSR count). The summed E-state index contributed by atoms with van der Waals surface area (Å²) >= 11 is 0. The largest absolute Gasteiger partial charge is 0.456 e. The van der Waals surface area contributed by atoms with Crippen molar-refractivity contribution < 1.29 is 4.42 Å². The van der Waals surface area contributed by atoms with Crippen LogP contribution in [0.25, 0.3) is 83.1 Å². The summed E-state index contributed by atoms with van der Waals surface area (Å²) in [4.78, 5) is 10.3. The minimum Gasteiger partial charge on any atom is -0.456 e. The van der Waals surface area contributed by atoms with Crippen molar-refractivity contribution in [3.63, 3.8) is 0 Å². The van der Waals surface area contributed by atoms with E-state index in [1.807, 2.05) is 6.20 Å². The molecule has 0 bridgehead atoms. The zero-order chi connectivity index (χ0) is 32.3. The van der Waals surface area contributed by atoms with Crippen molar-refractivity contribution in [2.75, 3.05) is 0 Å². The van der Waals surface area contributed by atoms with Gasteiger partial charge in [0.15, 0.2) is 0 Å². The Morgan fingerprint density at radius 2 is 1.33 bits per heavy atom. The SMILES string of the molecule is C1=CC(C2C=Cc3oc4c(-c5cccc(-c6cnc7c8ccccc8c8ccccc8c7n6)c5)cc(-c5ccccc5)cc4c3C2)=CCC1. The van der Waals surface area contributed by atoms with Gasteiger partial charge >= 0.3 is 0 Å². The van der Waals surface area contributed by atoms with E-state index in [1.54, 1.807) is 0 Å². The number of fused-ring (bicyclic) bond motifs is 9. The van der Waals surface area contributed by atoms with Gasteiger partial charge < -0.3 is 4.42 Å². The number of hydrogen-bond acceptors (Lipinski definition) is 3. The first kappa shape index (κ1) is 28.0. The normalized spacial score (nSPS) is 15.7. The summed E-state index contributed by atoms with van der Waals surface area (Å²) in [7, 11) is 0. The van der Waals surface area contributed by atoms with Gasteiger partial charge in [-0.15, -0.1) is 0 Å². The molecular formula is C46H32N2O. The number of furan rings is 1. The molecule has 0 radical (unpaired) electrons. The van der Waals surface area contributed by atoms with Gasteiger partial charge in [-0.1, -0.05) is 121 Å². The number of nitrogens with zero attached hydrogens (tertiary/aromatic N) is 2. The fourth-order valence-corrected chi connectivity index (χ4v) is 7.86. The van der Waals surface area contributed by atoms with Crippen molar-refractivity contribution in [2.45, 2.75) is 19.3 Å². The van der Waals surface area contributed by atoms with Gasteiger partial charge in [0.1, 0.15) is 11.3 Å². The van der Waals surface area contributed by atoms with E-state index in [0.29, 0.717) is 5.92 Å². The Morgan fingerprint density at radius 1 is 0.592 bits per heavy atom. The van der Waals surface area contributed by atoms with Gasteiger partial charge in [-0.05, 0) is 76.6 Å². The van der Waals surface area contributed by atoms with E-state index >= 15 is 0 Å². The van der Waals surface area contributed by atoms with Crippen molar-refractivity contribution in [1.82, 2.24) is 9.97 Å². The molecule has 232 valence electrons. The monoisotopic (exact) mass is 628 g/mol. The summed E-state index contributed by atoms with van der Waals surface area (Å²) in [6, 6.07) is 40.9. The zero-order valence-electron chi connectivity index (χ0n) is 26.9. The predicted octanol–water partition coefficient (Wildman–Crippen LogP) is 12.1. The molecule has 0 aliphatic heterocycles. The van der Waals surface area contributed by atoms with E-state index in [4.69, 9.17) is 14.4 Å². The molecule has 0 saturated heterocycles. The Bertz CT molecular complexity index is 2660. The molecule has 2 aromatic heterocycles. The first-order valence-corrected chi connectivity index (χ1v) is 17.2. The summed E-state index contributed by atoms with van der Waals surface area (Å²) in [5.41, 5.74) is 11.9. The lowest BCUT2D eigenvalue weighted by atomic mass is 9.84. The lowest BCUT2D eigenvalue weighted by molar-refractivity contribution is 0.588. The second-order valence-electron chi connectivity index (χ2n) is 13.2. The molecule has 2 aliphatic rings. The summed E-state index contributed by atoms with van der Waals surface area (Å²) in [5.74, 6) is 1.32. The van der Waals surface area contributed by atoms with Crippen LogP contribution in [0.1, 0.15) is 24.2 Å². The third kappa shape index (κ3) is 4.65. The van der Waals surface area contributed by atoms with Gasteiger partial charge in [-0.25, -0.2) is 4.98 Å². The maximum atomic E-state index is 6.74. The highest BCUT2D eigenvalue weighted by Gasteiger charge is 2.25. The number of benzene rings is 6. The molecular weight excluding hydrogens is 597 g/mol. The van der Waals surface area contributed by atoms with Crippen molar-refractivity contribution in [3.05, 3.63) is 163 Å². The minimum atomic E-state index is 0.358. The first-order chi connectivity index (χ1) is 24.3. The van der Waals surface area contributed by atoms with Gasteiger partial charge in [0.25, 0.3) is 0 Å². The second kappa shape index (κ2) is 11.3. The maximum Gasteiger partial charge on any atom is 0.142 e. The number of allylic oxidation sites excluding steroid dienone is 5. The Labute approximate surface area is 284 Å². The predicted molar refractivity (Wildman–Crippen MR) is 203 cm³/mol. The molecule has 0 saturated carbocycles. The average Bonchev–Trinajstić information content (AvgIpc) is 3.56. The molecule has 0 amide bonds. The van der Waals surface area contributed by atoms with Gasteiger partial charge in [-0.2, -0.15) is 0 Å². The molecule has 49 heavy (non-hydrogen) atoms. The summed E-state index contributed by atoms with van der Waals surface area (Å²) in [6.45, 7) is 0. The fourth-order valence-electron chi connectivity index (χ4n) is 7.86. The van der Waals surface area contributed by atoms with E-state index in [2.05, 4.69) is 146 Å². The van der Waals surface area contributed by atoms with Crippen LogP contribution in [0.5, 0.6) is 0 Å². The lowest BCUT2D eigenvalue weighted by Crippen LogP contribution is -2.08. The smallest absolute Gasteiger partial charge is 0.142 e. The highest BCUT2D eigenvalue weighted by molar-refractivity contribution is 6.23. The summed E-state index contributed by atoms with van der Waals surface area (Å²) in [6.07, 6.45) is 16.6. The minimum absolute atomic E-state index is 0.358. The van der Waals surface area contributed by atoms with Crippen molar-refractivity contribution in [2.24, 2.45) is 5.92 Å². The average molecular weight is 629 g/mol. The van der Waals surface area contributed by atoms with Crippen LogP contribution in [0.3, 0.4) is 0 Å². The molecule has 1 atom stereocenters. The van der Waals surface area contributed by atoms with Crippen LogP contribution in [0.15, 0.2) is 156 Å². The summed E-state index contributed by atoms with van der Waals surface area (Å²) < 4.78 is 6.74. The van der Waals surface area contributed by atoms with Crippen molar-refractivity contribution >= 4 is 49.6 Å². The van der Waals surface area contributed by atoms with E-state index in [9.17, 15) is 0 Å². The van der Waals surface area contributed by atoms with Crippen molar-refractivity contribution in [3.8, 4) is 33.5 Å². The van der Waals surface area contributed by atoms with E-state index in [1.165, 1.54) is 38.4 Å². The molecule has 6 aromatic carbocycles. The van der Waals surface area contributed by atoms with E-state index in [0.717, 1.165) is 74.8 Å². The molecule has 1 unspecified atom stereocenters. The highest BCUT2D eigenvalue weighted by Crippen LogP contribution is 2.43. The van der Waals surface area contributed by atoms with Gasteiger partial charge in [0, 0.05) is 38.8 Å². The van der Waals surface area contributed by atoms with Crippen LogP contribution >= 0.6 is 0 Å². The molecule has 3 heteroatoms.